The third-order valence-electron chi connectivity index (χ3n) is 2.67. The molecule has 16 heavy (non-hydrogen) atoms. The summed E-state index contributed by atoms with van der Waals surface area (Å²) in [4.78, 5) is 0. The van der Waals surface area contributed by atoms with Crippen LogP contribution < -0.4 is 4.74 Å². The van der Waals surface area contributed by atoms with Crippen LogP contribution in [-0.2, 0) is 0 Å². The van der Waals surface area contributed by atoms with Gasteiger partial charge in [0.15, 0.2) is 0 Å². The number of benzene rings is 1. The molecule has 1 unspecified atom stereocenters. The van der Waals surface area contributed by atoms with Crippen molar-refractivity contribution in [3.05, 3.63) is 42.0 Å². The van der Waals surface area contributed by atoms with Crippen LogP contribution in [0, 0.1) is 0 Å². The summed E-state index contributed by atoms with van der Waals surface area (Å²) in [5, 5.41) is 0. The highest BCUT2D eigenvalue weighted by Gasteiger charge is 2.08. The number of thiol groups is 1. The van der Waals surface area contributed by atoms with Crippen LogP contribution in [0.1, 0.15) is 31.7 Å². The maximum absolute atomic E-state index is 5.74. The Balaban J connectivity index is 2.67. The van der Waals surface area contributed by atoms with Gasteiger partial charge in [-0.1, -0.05) is 44.2 Å². The minimum atomic E-state index is 0.546. The Bertz CT molecular complexity index is 333. The fraction of sp³-hybridized carbons (Fsp3) is 0.429. The van der Waals surface area contributed by atoms with E-state index in [9.17, 15) is 0 Å². The second-order valence-electron chi connectivity index (χ2n) is 3.81. The smallest absolute Gasteiger partial charge is 0.123 e. The van der Waals surface area contributed by atoms with Gasteiger partial charge in [0.1, 0.15) is 12.4 Å². The Morgan fingerprint density at radius 3 is 2.75 bits per heavy atom. The van der Waals surface area contributed by atoms with E-state index in [0.29, 0.717) is 12.5 Å². The molecule has 2 heteroatoms. The van der Waals surface area contributed by atoms with Crippen molar-refractivity contribution < 1.29 is 4.74 Å². The molecular weight excluding hydrogens is 216 g/mol. The van der Waals surface area contributed by atoms with E-state index in [2.05, 4.69) is 38.6 Å². The van der Waals surface area contributed by atoms with E-state index in [1.165, 1.54) is 5.56 Å². The third kappa shape index (κ3) is 3.93. The van der Waals surface area contributed by atoms with Gasteiger partial charge in [0.2, 0.25) is 0 Å². The molecule has 0 saturated carbocycles. The average Bonchev–Trinajstić information content (AvgIpc) is 2.34. The average molecular weight is 236 g/mol. The number of hydrogen-bond donors (Lipinski definition) is 1. The Kier molecular flexibility index (Phi) is 6.09. The van der Waals surface area contributed by atoms with Gasteiger partial charge >= 0.3 is 0 Å². The fourth-order valence-corrected chi connectivity index (χ4v) is 1.67. The summed E-state index contributed by atoms with van der Waals surface area (Å²) >= 11 is 4.11. The summed E-state index contributed by atoms with van der Waals surface area (Å²) in [6.45, 7) is 5.04. The van der Waals surface area contributed by atoms with Crippen molar-refractivity contribution in [3.63, 3.8) is 0 Å². The van der Waals surface area contributed by atoms with E-state index >= 15 is 0 Å². The van der Waals surface area contributed by atoms with Gasteiger partial charge in [-0.3, -0.25) is 0 Å². The van der Waals surface area contributed by atoms with E-state index in [-0.39, 0.29) is 0 Å². The Hall–Kier alpha value is -0.890. The number of para-hydroxylation sites is 1. The van der Waals surface area contributed by atoms with E-state index < -0.39 is 0 Å². The zero-order valence-corrected chi connectivity index (χ0v) is 10.9. The summed E-state index contributed by atoms with van der Waals surface area (Å²) < 4.78 is 5.74. The first-order valence-electron chi connectivity index (χ1n) is 5.77. The summed E-state index contributed by atoms with van der Waals surface area (Å²) in [6.07, 6.45) is 5.13. The van der Waals surface area contributed by atoms with Crippen LogP contribution in [-0.4, -0.2) is 12.4 Å². The molecule has 1 aromatic rings. The van der Waals surface area contributed by atoms with Crippen molar-refractivity contribution in [2.45, 2.75) is 26.2 Å². The molecule has 0 spiro atoms. The van der Waals surface area contributed by atoms with Crippen LogP contribution in [0.2, 0.25) is 0 Å². The van der Waals surface area contributed by atoms with E-state index in [1.54, 1.807) is 0 Å². The normalized spacial score (nSPS) is 12.9. The summed E-state index contributed by atoms with van der Waals surface area (Å²) in [5.41, 5.74) is 1.30. The Labute approximate surface area is 104 Å². The number of rotatable bonds is 6. The first-order valence-corrected chi connectivity index (χ1v) is 6.40. The van der Waals surface area contributed by atoms with Crippen molar-refractivity contribution in [1.82, 2.24) is 0 Å². The first kappa shape index (κ1) is 13.2. The van der Waals surface area contributed by atoms with Crippen LogP contribution in [0.3, 0.4) is 0 Å². The van der Waals surface area contributed by atoms with Crippen LogP contribution in [0.25, 0.3) is 0 Å². The highest BCUT2D eigenvalue weighted by atomic mass is 32.1. The molecule has 0 aliphatic carbocycles. The minimum absolute atomic E-state index is 0.546. The number of hydrogen-bond acceptors (Lipinski definition) is 2. The Morgan fingerprint density at radius 1 is 1.31 bits per heavy atom. The minimum Gasteiger partial charge on any atom is -0.489 e. The molecule has 0 amide bonds. The molecule has 0 radical (unpaired) electrons. The van der Waals surface area contributed by atoms with Crippen molar-refractivity contribution in [2.75, 3.05) is 12.4 Å². The highest BCUT2D eigenvalue weighted by molar-refractivity contribution is 7.80. The van der Waals surface area contributed by atoms with Crippen molar-refractivity contribution in [3.8, 4) is 5.75 Å². The van der Waals surface area contributed by atoms with Crippen LogP contribution >= 0.6 is 12.6 Å². The predicted octanol–water partition coefficient (Wildman–Crippen LogP) is 4.06. The maximum atomic E-state index is 5.74. The van der Waals surface area contributed by atoms with Gasteiger partial charge in [-0.05, 0) is 24.0 Å². The summed E-state index contributed by atoms with van der Waals surface area (Å²) in [7, 11) is 0. The maximum Gasteiger partial charge on any atom is 0.123 e. The molecule has 0 fully saturated rings. The molecule has 1 rings (SSSR count). The number of ether oxygens (including phenoxy) is 1. The zero-order valence-electron chi connectivity index (χ0n) is 10.0. The lowest BCUT2D eigenvalue weighted by atomic mass is 9.98. The van der Waals surface area contributed by atoms with Crippen molar-refractivity contribution >= 4 is 12.6 Å². The SMILES string of the molecule is CCC(C)c1ccccc1OCC=CCS. The molecule has 1 nitrogen and oxygen atoms in total. The molecule has 0 N–H and O–H groups in total. The molecule has 0 aromatic heterocycles. The summed E-state index contributed by atoms with van der Waals surface area (Å²) in [6, 6.07) is 8.27. The fourth-order valence-electron chi connectivity index (χ4n) is 1.52. The molecule has 0 saturated heterocycles. The van der Waals surface area contributed by atoms with Gasteiger partial charge in [0.25, 0.3) is 0 Å². The van der Waals surface area contributed by atoms with Gasteiger partial charge in [0, 0.05) is 5.75 Å². The topological polar surface area (TPSA) is 9.23 Å². The lowest BCUT2D eigenvalue weighted by Crippen LogP contribution is -2.00. The first-order chi connectivity index (χ1) is 7.79. The lowest BCUT2D eigenvalue weighted by molar-refractivity contribution is 0.356. The molecule has 0 aliphatic heterocycles. The largest absolute Gasteiger partial charge is 0.489 e. The highest BCUT2D eigenvalue weighted by Crippen LogP contribution is 2.28. The van der Waals surface area contributed by atoms with Gasteiger partial charge < -0.3 is 4.74 Å². The van der Waals surface area contributed by atoms with Crippen LogP contribution in [0.5, 0.6) is 5.75 Å². The Morgan fingerprint density at radius 2 is 2.06 bits per heavy atom. The van der Waals surface area contributed by atoms with Crippen molar-refractivity contribution in [1.29, 1.82) is 0 Å². The molecule has 1 aromatic carbocycles. The van der Waals surface area contributed by atoms with Crippen LogP contribution in [0.15, 0.2) is 36.4 Å². The molecule has 0 aliphatic rings. The molecule has 1 atom stereocenters. The molecule has 0 heterocycles. The van der Waals surface area contributed by atoms with Gasteiger partial charge in [-0.15, -0.1) is 0 Å². The molecule has 88 valence electrons. The monoisotopic (exact) mass is 236 g/mol. The van der Waals surface area contributed by atoms with Gasteiger partial charge in [-0.2, -0.15) is 12.6 Å². The van der Waals surface area contributed by atoms with Gasteiger partial charge in [0.05, 0.1) is 0 Å². The van der Waals surface area contributed by atoms with E-state index in [4.69, 9.17) is 4.74 Å². The standard InChI is InChI=1S/C14H20OS/c1-3-12(2)13-8-4-5-9-14(13)15-10-6-7-11-16/h4-9,12,16H,3,10-11H2,1-2H3. The van der Waals surface area contributed by atoms with Crippen LogP contribution in [0.4, 0.5) is 0 Å². The van der Waals surface area contributed by atoms with Crippen molar-refractivity contribution in [2.24, 2.45) is 0 Å². The lowest BCUT2D eigenvalue weighted by Gasteiger charge is -2.14. The third-order valence-corrected chi connectivity index (χ3v) is 2.88. The quantitative estimate of drug-likeness (QED) is 0.579. The predicted molar refractivity (Wildman–Crippen MR) is 73.6 cm³/mol. The second-order valence-corrected chi connectivity index (χ2v) is 4.18. The summed E-state index contributed by atoms with van der Waals surface area (Å²) in [5.74, 6) is 2.31. The zero-order chi connectivity index (χ0) is 11.8. The van der Waals surface area contributed by atoms with E-state index in [0.717, 1.165) is 17.9 Å². The molecule has 0 bridgehead atoms. The molecular formula is C14H20OS. The second kappa shape index (κ2) is 7.39. The van der Waals surface area contributed by atoms with Gasteiger partial charge in [-0.25, -0.2) is 0 Å². The van der Waals surface area contributed by atoms with E-state index in [1.807, 2.05) is 24.3 Å².